The third kappa shape index (κ3) is 12.5. The SMILES string of the molecule is CCn1c(CN(C=O)c2nc3cc[nH]c3nc2N)[n+](CC)c2ccc(C(=O)NCCc3ccc(-c4ccc(CCN(C[C@H](O)[C@@H](O)[C@H](O)[C@H](O)CO)C[C@H](O)[C@@H](O)[C@H](O)[C@H](O)CO)cc4)cc3)cc21. The molecule has 21 nitrogen and oxygen atoms in total. The van der Waals surface area contributed by atoms with Crippen molar-refractivity contribution in [3.63, 3.8) is 0 Å². The monoisotopic (exact) mass is 958 g/mol. The van der Waals surface area contributed by atoms with Crippen molar-refractivity contribution in [3.05, 3.63) is 102 Å². The maximum absolute atomic E-state index is 13.5. The molecule has 0 radical (unpaired) electrons. The summed E-state index contributed by atoms with van der Waals surface area (Å²) in [5, 5.41) is 103. The van der Waals surface area contributed by atoms with Gasteiger partial charge in [-0.1, -0.05) is 48.5 Å². The second-order valence-electron chi connectivity index (χ2n) is 17.0. The van der Waals surface area contributed by atoms with E-state index in [-0.39, 0.29) is 43.7 Å². The molecule has 2 amide bonds. The number of fused-ring (bicyclic) bond motifs is 2. The quantitative estimate of drug-likeness (QED) is 0.0214. The number of nitrogens with zero attached hydrogens (tertiary/aromatic N) is 6. The van der Waals surface area contributed by atoms with E-state index in [9.17, 15) is 50.4 Å². The van der Waals surface area contributed by atoms with Gasteiger partial charge in [0.15, 0.2) is 28.3 Å². The van der Waals surface area contributed by atoms with E-state index in [1.54, 1.807) is 18.3 Å². The highest BCUT2D eigenvalue weighted by Crippen LogP contribution is 2.25. The molecule has 8 atom stereocenters. The number of imidazole rings is 1. The first-order chi connectivity index (χ1) is 33.1. The Morgan fingerprint density at radius 2 is 1.35 bits per heavy atom. The van der Waals surface area contributed by atoms with Crippen LogP contribution in [0.4, 0.5) is 11.6 Å². The molecule has 3 heterocycles. The second-order valence-corrected chi connectivity index (χ2v) is 17.0. The molecular weight excluding hydrogens is 895 g/mol. The standard InChI is InChI=1S/C48H63N9O12/c1-3-56-34-14-13-32(21-35(34)57(4-2)40(56)24-55(27-60)47-45(49)53-46-33(52-47)16-19-50-46)48(69)51-18-15-28-5-9-30(10-6-28)31-11-7-29(8-12-31)17-20-54(22-36(61)41(65)43(67)38(63)25-58)23-37(62)42(66)44(68)39(64)26-59/h5-14,16,19,21,27,36-39,41-44,58-59,61-68H,3-4,15,17-18,20,22-26H2,1-2H3,(H3-,49,50,51,52,53,69)/p+1/t36-,37-,38+,39+,41+,42+,43+,44+/m0/s1. The van der Waals surface area contributed by atoms with Gasteiger partial charge in [-0.25, -0.2) is 19.1 Å². The molecule has 0 aliphatic carbocycles. The summed E-state index contributed by atoms with van der Waals surface area (Å²) < 4.78 is 4.17. The summed E-state index contributed by atoms with van der Waals surface area (Å²) in [6.45, 7) is 3.47. The summed E-state index contributed by atoms with van der Waals surface area (Å²) >= 11 is 0. The van der Waals surface area contributed by atoms with Crippen molar-refractivity contribution in [1.29, 1.82) is 0 Å². The number of hydrogen-bond acceptors (Lipinski definition) is 16. The fraction of sp³-hybridized carbons (Fsp3) is 0.438. The normalized spacial score (nSPS) is 15.4. The highest BCUT2D eigenvalue weighted by Gasteiger charge is 2.35. The van der Waals surface area contributed by atoms with Gasteiger partial charge in [0.1, 0.15) is 48.7 Å². The molecule has 3 aromatic heterocycles. The molecule has 6 rings (SSSR count). The average Bonchev–Trinajstić information content (AvgIpc) is 3.95. The first-order valence-electron chi connectivity index (χ1n) is 22.8. The third-order valence-electron chi connectivity index (χ3n) is 12.4. The van der Waals surface area contributed by atoms with Gasteiger partial charge >= 0.3 is 0 Å². The van der Waals surface area contributed by atoms with E-state index in [0.717, 1.165) is 39.1 Å². The Morgan fingerprint density at radius 3 is 1.88 bits per heavy atom. The van der Waals surface area contributed by atoms with E-state index in [0.29, 0.717) is 55.6 Å². The molecule has 0 bridgehead atoms. The molecule has 21 heteroatoms. The molecule has 0 aliphatic rings. The number of carbonyl (C=O) groups excluding carboxylic acids is 2. The summed E-state index contributed by atoms with van der Waals surface area (Å²) in [5.74, 6) is 0.980. The highest BCUT2D eigenvalue weighted by atomic mass is 16.4. The fourth-order valence-corrected chi connectivity index (χ4v) is 8.38. The zero-order valence-electron chi connectivity index (χ0n) is 38.5. The van der Waals surface area contributed by atoms with Gasteiger partial charge in [0.25, 0.3) is 11.7 Å². The fourth-order valence-electron chi connectivity index (χ4n) is 8.38. The molecule has 69 heavy (non-hydrogen) atoms. The van der Waals surface area contributed by atoms with Crippen molar-refractivity contribution in [2.24, 2.45) is 0 Å². The molecule has 0 aliphatic heterocycles. The molecule has 0 unspecified atom stereocenters. The van der Waals surface area contributed by atoms with Gasteiger partial charge in [-0.05, 0) is 67.1 Å². The van der Waals surface area contributed by atoms with Gasteiger partial charge in [0.2, 0.25) is 6.41 Å². The minimum Gasteiger partial charge on any atom is -0.394 e. The zero-order chi connectivity index (χ0) is 49.9. The maximum atomic E-state index is 13.5. The van der Waals surface area contributed by atoms with Gasteiger partial charge in [-0.2, -0.15) is 0 Å². The molecule has 0 spiro atoms. The van der Waals surface area contributed by atoms with Crippen LogP contribution in [0.15, 0.2) is 79.0 Å². The molecule has 0 saturated heterocycles. The van der Waals surface area contributed by atoms with Gasteiger partial charge in [-0.15, -0.1) is 0 Å². The minimum absolute atomic E-state index is 0.120. The number of anilines is 2. The van der Waals surface area contributed by atoms with Crippen LogP contribution < -0.4 is 20.5 Å². The molecule has 0 saturated carbocycles. The number of nitrogens with one attached hydrogen (secondary N) is 2. The van der Waals surface area contributed by atoms with Crippen LogP contribution in [-0.2, 0) is 37.3 Å². The van der Waals surface area contributed by atoms with Crippen molar-refractivity contribution in [3.8, 4) is 11.1 Å². The van der Waals surface area contributed by atoms with Crippen LogP contribution in [0.2, 0.25) is 0 Å². The Morgan fingerprint density at radius 1 is 0.783 bits per heavy atom. The molecular formula is C48H64N9O12+. The first-order valence-corrected chi connectivity index (χ1v) is 22.8. The maximum Gasteiger partial charge on any atom is 0.277 e. The molecule has 3 aromatic carbocycles. The Labute approximate surface area is 398 Å². The number of benzene rings is 3. The zero-order valence-corrected chi connectivity index (χ0v) is 38.5. The lowest BCUT2D eigenvalue weighted by molar-refractivity contribution is -0.676. The van der Waals surface area contributed by atoms with Crippen LogP contribution >= 0.6 is 0 Å². The number of carbonyl (C=O) groups is 2. The molecule has 14 N–H and O–H groups in total. The van der Waals surface area contributed by atoms with Crippen LogP contribution in [0.5, 0.6) is 0 Å². The van der Waals surface area contributed by atoms with E-state index in [1.165, 1.54) is 9.80 Å². The van der Waals surface area contributed by atoms with Gasteiger partial charge in [0, 0.05) is 44.0 Å². The van der Waals surface area contributed by atoms with Crippen LogP contribution in [0, 0.1) is 0 Å². The van der Waals surface area contributed by atoms with E-state index in [1.807, 2.05) is 74.5 Å². The Balaban J connectivity index is 1.05. The summed E-state index contributed by atoms with van der Waals surface area (Å²) in [4.78, 5) is 40.7. The first kappa shape index (κ1) is 52.4. The van der Waals surface area contributed by atoms with Crippen molar-refractivity contribution in [1.82, 2.24) is 29.7 Å². The van der Waals surface area contributed by atoms with Gasteiger partial charge < -0.3 is 67.1 Å². The van der Waals surface area contributed by atoms with Crippen molar-refractivity contribution >= 4 is 46.2 Å². The lowest BCUT2D eigenvalue weighted by Gasteiger charge is -2.33. The largest absolute Gasteiger partial charge is 0.394 e. The number of H-pyrrole nitrogens is 1. The van der Waals surface area contributed by atoms with E-state index < -0.39 is 62.0 Å². The predicted molar refractivity (Wildman–Crippen MR) is 254 cm³/mol. The van der Waals surface area contributed by atoms with Crippen LogP contribution in [0.1, 0.15) is 41.2 Å². The number of hydrogen-bond donors (Lipinski definition) is 13. The summed E-state index contributed by atoms with van der Waals surface area (Å²) in [5.41, 5.74) is 13.3. The number of aliphatic hydroxyl groups excluding tert-OH is 10. The number of aryl methyl sites for hydroxylation is 2. The average molecular weight is 959 g/mol. The Bertz CT molecular complexity index is 2580. The number of nitrogen functional groups attached to an aromatic ring is 1. The topological polar surface area (TPSA) is 331 Å². The lowest BCUT2D eigenvalue weighted by Crippen LogP contribution is -2.53. The number of rotatable bonds is 26. The number of aliphatic hydroxyl groups is 10. The summed E-state index contributed by atoms with van der Waals surface area (Å²) in [6.07, 6.45) is -11.0. The number of aromatic amines is 1. The van der Waals surface area contributed by atoms with Crippen LogP contribution in [0.3, 0.4) is 0 Å². The smallest absolute Gasteiger partial charge is 0.277 e. The number of nitrogens with two attached hydrogens (primary N) is 1. The Kier molecular flexibility index (Phi) is 18.3. The van der Waals surface area contributed by atoms with E-state index >= 15 is 0 Å². The summed E-state index contributed by atoms with van der Waals surface area (Å²) in [7, 11) is 0. The van der Waals surface area contributed by atoms with Crippen LogP contribution in [-0.4, -0.2) is 176 Å². The summed E-state index contributed by atoms with van der Waals surface area (Å²) in [6, 6.07) is 22.9. The Hall–Kier alpha value is -5.95. The number of aromatic nitrogens is 5. The van der Waals surface area contributed by atoms with Gasteiger partial charge in [-0.3, -0.25) is 19.4 Å². The predicted octanol–water partition coefficient (Wildman–Crippen LogP) is -1.66. The number of amides is 2. The van der Waals surface area contributed by atoms with E-state index in [4.69, 9.17) is 15.9 Å². The lowest BCUT2D eigenvalue weighted by atomic mass is 10.00. The van der Waals surface area contributed by atoms with Crippen molar-refractivity contribution in [2.75, 3.05) is 50.0 Å². The van der Waals surface area contributed by atoms with Gasteiger partial charge in [0.05, 0.1) is 38.5 Å². The minimum atomic E-state index is -1.88. The second kappa shape index (κ2) is 24.1. The third-order valence-corrected chi connectivity index (χ3v) is 12.4. The van der Waals surface area contributed by atoms with E-state index in [2.05, 4.69) is 29.4 Å². The molecule has 0 fully saturated rings. The highest BCUT2D eigenvalue weighted by molar-refractivity contribution is 5.97. The molecule has 372 valence electrons. The van der Waals surface area contributed by atoms with Crippen LogP contribution in [0.25, 0.3) is 33.3 Å². The molecule has 6 aromatic rings. The van der Waals surface area contributed by atoms with Crippen molar-refractivity contribution < 1.29 is 65.2 Å². The van der Waals surface area contributed by atoms with Crippen molar-refractivity contribution in [2.45, 2.75) is 95.2 Å².